The number of hydrogen-bond donors (Lipinski definition) is 1. The van der Waals surface area contributed by atoms with Crippen LogP contribution in [0.4, 0.5) is 0 Å². The maximum atomic E-state index is 12.4. The lowest BCUT2D eigenvalue weighted by Gasteiger charge is -2.18. The zero-order valence-corrected chi connectivity index (χ0v) is 11.9. The van der Waals surface area contributed by atoms with E-state index in [2.05, 4.69) is 4.98 Å². The summed E-state index contributed by atoms with van der Waals surface area (Å²) >= 11 is 0. The van der Waals surface area contributed by atoms with E-state index in [9.17, 15) is 8.42 Å². The van der Waals surface area contributed by atoms with E-state index in [4.69, 9.17) is 9.52 Å². The zero-order chi connectivity index (χ0) is 14.6. The number of pyridine rings is 1. The van der Waals surface area contributed by atoms with E-state index in [-0.39, 0.29) is 24.0 Å². The minimum Gasteiger partial charge on any atom is -0.446 e. The second-order valence-corrected chi connectivity index (χ2v) is 6.03. The third-order valence-corrected chi connectivity index (χ3v) is 4.64. The van der Waals surface area contributed by atoms with Crippen molar-refractivity contribution in [3.63, 3.8) is 0 Å². The van der Waals surface area contributed by atoms with E-state index in [1.54, 1.807) is 31.5 Å². The highest BCUT2D eigenvalue weighted by molar-refractivity contribution is 7.89. The Hall–Kier alpha value is -1.70. The molecule has 0 fully saturated rings. The van der Waals surface area contributed by atoms with Crippen molar-refractivity contribution in [3.8, 4) is 0 Å². The first kappa shape index (κ1) is 14.7. The molecule has 0 saturated carbocycles. The van der Waals surface area contributed by atoms with Crippen LogP contribution in [0.5, 0.6) is 0 Å². The summed E-state index contributed by atoms with van der Waals surface area (Å²) in [5.74, 6) is 0.225. The Morgan fingerprint density at radius 3 is 2.50 bits per heavy atom. The minimum atomic E-state index is -3.70. The first-order valence-electron chi connectivity index (χ1n) is 6.16. The van der Waals surface area contributed by atoms with Crippen LogP contribution in [-0.2, 0) is 23.2 Å². The summed E-state index contributed by atoms with van der Waals surface area (Å²) in [5, 5.41) is 8.78. The van der Waals surface area contributed by atoms with Gasteiger partial charge in [0.1, 0.15) is 12.4 Å². The Labute approximate surface area is 117 Å². The molecule has 6 nitrogen and oxygen atoms in total. The number of sulfonamides is 1. The Bertz CT molecular complexity index is 652. The fourth-order valence-electron chi connectivity index (χ4n) is 1.77. The maximum absolute atomic E-state index is 12.4. The van der Waals surface area contributed by atoms with Gasteiger partial charge in [-0.25, -0.2) is 8.42 Å². The molecule has 0 aromatic carbocycles. The molecule has 0 aliphatic heterocycles. The first-order chi connectivity index (χ1) is 9.57. The van der Waals surface area contributed by atoms with E-state index >= 15 is 0 Å². The van der Waals surface area contributed by atoms with Gasteiger partial charge in [0.05, 0.1) is 0 Å². The molecular weight excluding hydrogens is 280 g/mol. The number of rotatable bonds is 6. The van der Waals surface area contributed by atoms with Gasteiger partial charge in [0.25, 0.3) is 10.0 Å². The highest BCUT2D eigenvalue weighted by atomic mass is 32.2. The van der Waals surface area contributed by atoms with Gasteiger partial charge in [-0.1, -0.05) is 6.92 Å². The molecule has 0 saturated heterocycles. The van der Waals surface area contributed by atoms with Crippen LogP contribution in [0.15, 0.2) is 46.2 Å². The fourth-order valence-corrected chi connectivity index (χ4v) is 3.13. The van der Waals surface area contributed by atoms with Crippen molar-refractivity contribution in [1.29, 1.82) is 0 Å². The summed E-state index contributed by atoms with van der Waals surface area (Å²) in [6.07, 6.45) is 3.24. The third-order valence-electron chi connectivity index (χ3n) is 2.85. The average molecular weight is 296 g/mol. The molecule has 0 bridgehead atoms. The predicted octanol–water partition coefficient (Wildman–Crippen LogP) is 1.38. The molecule has 20 heavy (non-hydrogen) atoms. The van der Waals surface area contributed by atoms with Crippen molar-refractivity contribution in [2.24, 2.45) is 0 Å². The monoisotopic (exact) mass is 296 g/mol. The molecule has 0 aliphatic carbocycles. The van der Waals surface area contributed by atoms with Crippen LogP contribution >= 0.6 is 0 Å². The SMILES string of the molecule is CCN(Cc1ccncc1)S(=O)(=O)c1ccc(CO)o1. The molecular formula is C13H16N2O4S. The second kappa shape index (κ2) is 6.17. The van der Waals surface area contributed by atoms with Gasteiger partial charge in [-0.15, -0.1) is 0 Å². The largest absolute Gasteiger partial charge is 0.446 e. The average Bonchev–Trinajstić information content (AvgIpc) is 2.95. The number of furan rings is 1. The number of aliphatic hydroxyl groups excluding tert-OH is 1. The van der Waals surface area contributed by atoms with Crippen molar-refractivity contribution < 1.29 is 17.9 Å². The Balaban J connectivity index is 2.25. The second-order valence-electron chi connectivity index (χ2n) is 4.17. The molecule has 0 spiro atoms. The van der Waals surface area contributed by atoms with Gasteiger partial charge in [0.15, 0.2) is 0 Å². The summed E-state index contributed by atoms with van der Waals surface area (Å²) in [4.78, 5) is 3.90. The highest BCUT2D eigenvalue weighted by Crippen LogP contribution is 2.20. The molecule has 2 aromatic rings. The first-order valence-corrected chi connectivity index (χ1v) is 7.60. The van der Waals surface area contributed by atoms with Crippen LogP contribution in [0.2, 0.25) is 0 Å². The van der Waals surface area contributed by atoms with E-state index in [1.165, 1.54) is 16.4 Å². The van der Waals surface area contributed by atoms with Crippen LogP contribution in [-0.4, -0.2) is 29.4 Å². The van der Waals surface area contributed by atoms with E-state index in [0.29, 0.717) is 6.54 Å². The summed E-state index contributed by atoms with van der Waals surface area (Å²) in [6.45, 7) is 2.00. The van der Waals surface area contributed by atoms with E-state index in [1.807, 2.05) is 0 Å². The fraction of sp³-hybridized carbons (Fsp3) is 0.308. The molecule has 108 valence electrons. The van der Waals surface area contributed by atoms with Crippen molar-refractivity contribution in [2.45, 2.75) is 25.2 Å². The van der Waals surface area contributed by atoms with Gasteiger partial charge in [0.2, 0.25) is 5.09 Å². The molecule has 0 radical (unpaired) electrons. The topological polar surface area (TPSA) is 83.6 Å². The zero-order valence-electron chi connectivity index (χ0n) is 11.1. The number of hydrogen-bond acceptors (Lipinski definition) is 5. The summed E-state index contributed by atoms with van der Waals surface area (Å²) in [5.41, 5.74) is 0.847. The Morgan fingerprint density at radius 2 is 1.95 bits per heavy atom. The summed E-state index contributed by atoms with van der Waals surface area (Å²) in [7, 11) is -3.70. The van der Waals surface area contributed by atoms with Crippen molar-refractivity contribution in [1.82, 2.24) is 9.29 Å². The van der Waals surface area contributed by atoms with Crippen molar-refractivity contribution in [3.05, 3.63) is 48.0 Å². The van der Waals surface area contributed by atoms with Gasteiger partial charge in [0, 0.05) is 25.5 Å². The van der Waals surface area contributed by atoms with E-state index < -0.39 is 10.0 Å². The Morgan fingerprint density at radius 1 is 1.25 bits per heavy atom. The highest BCUT2D eigenvalue weighted by Gasteiger charge is 2.26. The summed E-state index contributed by atoms with van der Waals surface area (Å²) in [6, 6.07) is 6.34. The molecule has 7 heteroatoms. The van der Waals surface area contributed by atoms with Gasteiger partial charge in [-0.05, 0) is 29.8 Å². The third kappa shape index (κ3) is 3.06. The standard InChI is InChI=1S/C13H16N2O4S/c1-2-15(9-11-5-7-14-8-6-11)20(17,18)13-4-3-12(10-16)19-13/h3-8,16H,2,9-10H2,1H3. The number of aromatic nitrogens is 1. The van der Waals surface area contributed by atoms with E-state index in [0.717, 1.165) is 5.56 Å². The quantitative estimate of drug-likeness (QED) is 0.870. The van der Waals surface area contributed by atoms with Crippen LogP contribution in [0.1, 0.15) is 18.2 Å². The van der Waals surface area contributed by atoms with Crippen LogP contribution in [0, 0.1) is 0 Å². The van der Waals surface area contributed by atoms with Crippen LogP contribution < -0.4 is 0 Å². The van der Waals surface area contributed by atoms with Gasteiger partial charge < -0.3 is 9.52 Å². The summed E-state index contributed by atoms with van der Waals surface area (Å²) < 4.78 is 31.3. The number of aliphatic hydroxyl groups is 1. The maximum Gasteiger partial charge on any atom is 0.276 e. The molecule has 2 heterocycles. The molecule has 0 atom stereocenters. The lowest BCUT2D eigenvalue weighted by Crippen LogP contribution is -2.30. The van der Waals surface area contributed by atoms with Crippen molar-refractivity contribution >= 4 is 10.0 Å². The minimum absolute atomic E-state index is 0.155. The van der Waals surface area contributed by atoms with Gasteiger partial charge >= 0.3 is 0 Å². The lowest BCUT2D eigenvalue weighted by atomic mass is 10.3. The molecule has 0 aliphatic rings. The molecule has 2 aromatic heterocycles. The molecule has 2 rings (SSSR count). The normalized spacial score (nSPS) is 11.9. The molecule has 0 amide bonds. The van der Waals surface area contributed by atoms with Crippen LogP contribution in [0.25, 0.3) is 0 Å². The van der Waals surface area contributed by atoms with Gasteiger partial charge in [-0.3, -0.25) is 4.98 Å². The number of nitrogens with zero attached hydrogens (tertiary/aromatic N) is 2. The van der Waals surface area contributed by atoms with Crippen LogP contribution in [0.3, 0.4) is 0 Å². The Kier molecular flexibility index (Phi) is 4.53. The molecule has 0 unspecified atom stereocenters. The molecule has 1 N–H and O–H groups in total. The lowest BCUT2D eigenvalue weighted by molar-refractivity contribution is 0.235. The van der Waals surface area contributed by atoms with Crippen molar-refractivity contribution in [2.75, 3.05) is 6.54 Å². The predicted molar refractivity (Wildman–Crippen MR) is 72.1 cm³/mol. The van der Waals surface area contributed by atoms with Gasteiger partial charge in [-0.2, -0.15) is 4.31 Å². The smallest absolute Gasteiger partial charge is 0.276 e.